The monoisotopic (exact) mass is 794 g/mol. The Hall–Kier alpha value is -2.88. The Morgan fingerprint density at radius 1 is 0.900 bits per heavy atom. The van der Waals surface area contributed by atoms with Crippen LogP contribution in [0.4, 0.5) is 11.4 Å². The van der Waals surface area contributed by atoms with Crippen molar-refractivity contribution in [1.82, 2.24) is 0 Å². The van der Waals surface area contributed by atoms with Gasteiger partial charge in [-0.2, -0.15) is 21.4 Å². The van der Waals surface area contributed by atoms with Crippen molar-refractivity contribution in [3.63, 3.8) is 0 Å². The Kier molecular flexibility index (Phi) is 12.8. The third-order valence-electron chi connectivity index (χ3n) is 8.02. The lowest BCUT2D eigenvalue weighted by atomic mass is 10.1. The van der Waals surface area contributed by atoms with Gasteiger partial charge >= 0.3 is 0 Å². The van der Waals surface area contributed by atoms with E-state index in [4.69, 9.17) is 23.2 Å². The molecule has 15 heteroatoms. The summed E-state index contributed by atoms with van der Waals surface area (Å²) in [6.45, 7) is 6.71. The summed E-state index contributed by atoms with van der Waals surface area (Å²) in [6, 6.07) is 19.5. The number of nitrogens with zero attached hydrogens (tertiary/aromatic N) is 3. The minimum absolute atomic E-state index is 0.196. The van der Waals surface area contributed by atoms with Crippen molar-refractivity contribution >= 4 is 100 Å². The van der Waals surface area contributed by atoms with Crippen molar-refractivity contribution in [3.05, 3.63) is 104 Å². The maximum Gasteiger partial charge on any atom is 0.265 e. The van der Waals surface area contributed by atoms with Crippen LogP contribution in [0.5, 0.6) is 0 Å². The van der Waals surface area contributed by atoms with E-state index in [0.29, 0.717) is 23.1 Å². The Balaban J connectivity index is 1.60. The van der Waals surface area contributed by atoms with Crippen molar-refractivity contribution in [2.75, 3.05) is 40.9 Å². The molecule has 50 heavy (non-hydrogen) atoms. The van der Waals surface area contributed by atoms with Crippen molar-refractivity contribution < 1.29 is 30.5 Å². The molecule has 0 unspecified atom stereocenters. The second-order valence-corrected chi connectivity index (χ2v) is 17.7. The van der Waals surface area contributed by atoms with E-state index in [1.165, 1.54) is 23.1 Å². The van der Waals surface area contributed by atoms with Crippen LogP contribution >= 0.6 is 46.3 Å². The molecule has 0 fully saturated rings. The first-order valence-corrected chi connectivity index (χ1v) is 21.6. The van der Waals surface area contributed by atoms with Crippen LogP contribution in [0.15, 0.2) is 88.3 Å². The first kappa shape index (κ1) is 38.4. The summed E-state index contributed by atoms with van der Waals surface area (Å²) >= 11 is 15.8. The number of halogens is 2. The molecule has 0 spiro atoms. The molecule has 266 valence electrons. The zero-order valence-corrected chi connectivity index (χ0v) is 32.3. The third-order valence-corrected chi connectivity index (χ3v) is 12.3. The second-order valence-electron chi connectivity index (χ2n) is 11.6. The highest BCUT2D eigenvalue weighted by molar-refractivity contribution is 8.03. The van der Waals surface area contributed by atoms with E-state index in [1.807, 2.05) is 70.2 Å². The molecule has 0 saturated heterocycles. The van der Waals surface area contributed by atoms with Crippen LogP contribution in [0.25, 0.3) is 22.4 Å². The normalized spacial score (nSPS) is 14.7. The number of anilines is 2. The number of fused-ring (bicyclic) bond motifs is 2. The van der Waals surface area contributed by atoms with Crippen LogP contribution < -0.4 is 14.4 Å². The first-order chi connectivity index (χ1) is 23.7. The lowest BCUT2D eigenvalue weighted by Gasteiger charge is -2.21. The number of hydrogen-bond donors (Lipinski definition) is 2. The van der Waals surface area contributed by atoms with Crippen LogP contribution in [0.1, 0.15) is 37.3 Å². The molecule has 5 rings (SSSR count). The Morgan fingerprint density at radius 2 is 1.56 bits per heavy atom. The Morgan fingerprint density at radius 3 is 2.24 bits per heavy atom. The van der Waals surface area contributed by atoms with Gasteiger partial charge in [-0.25, -0.2) is 0 Å². The average molecular weight is 796 g/mol. The summed E-state index contributed by atoms with van der Waals surface area (Å²) in [5.74, 6) is -0.755. The number of allylic oxidation sites excluding steroid dienone is 3. The number of thiazole rings is 1. The molecule has 4 aromatic rings. The number of thioether (sulfide) groups is 1. The number of aromatic nitrogens is 1. The maximum absolute atomic E-state index is 11.6. The highest BCUT2D eigenvalue weighted by Gasteiger charge is 2.27. The van der Waals surface area contributed by atoms with Crippen molar-refractivity contribution in [2.24, 2.45) is 0 Å². The predicted molar refractivity (Wildman–Crippen MR) is 209 cm³/mol. The predicted octanol–water partition coefficient (Wildman–Crippen LogP) is 8.45. The highest BCUT2D eigenvalue weighted by atomic mass is 35.5. The maximum atomic E-state index is 11.6. The fraction of sp³-hybridized carbons (Fsp3) is 0.286. The minimum Gasteiger partial charge on any atom is -0.372 e. The summed E-state index contributed by atoms with van der Waals surface area (Å²) in [6.07, 6.45) is 8.46. The van der Waals surface area contributed by atoms with E-state index in [2.05, 4.69) is 43.0 Å². The van der Waals surface area contributed by atoms with Gasteiger partial charge in [-0.3, -0.25) is 9.11 Å². The largest absolute Gasteiger partial charge is 0.372 e. The number of hydrogen-bond acceptors (Lipinski definition) is 8. The van der Waals surface area contributed by atoms with Crippen LogP contribution in [-0.2, 0) is 26.8 Å². The fourth-order valence-electron chi connectivity index (χ4n) is 5.64. The average Bonchev–Trinajstić information content (AvgIpc) is 3.56. The molecule has 3 aromatic carbocycles. The zero-order valence-electron chi connectivity index (χ0n) is 27.5. The van der Waals surface area contributed by atoms with Crippen molar-refractivity contribution in [3.8, 4) is 0 Å². The first-order valence-electron chi connectivity index (χ1n) is 16.0. The Bertz CT molecular complexity index is 2160. The lowest BCUT2D eigenvalue weighted by Crippen LogP contribution is -2.36. The molecule has 2 N–H and O–H groups in total. The quantitative estimate of drug-likeness (QED) is 0.0694. The molecule has 2 heterocycles. The summed E-state index contributed by atoms with van der Waals surface area (Å²) in [7, 11) is -8.28. The molecular formula is C35H38Cl2N3O6S4+. The van der Waals surface area contributed by atoms with Gasteiger partial charge in [0.05, 0.1) is 22.2 Å². The second kappa shape index (κ2) is 16.6. The summed E-state index contributed by atoms with van der Waals surface area (Å²) in [4.78, 5) is 5.23. The van der Waals surface area contributed by atoms with E-state index in [0.717, 1.165) is 60.7 Å². The van der Waals surface area contributed by atoms with Gasteiger partial charge in [0, 0.05) is 58.8 Å². The molecule has 0 radical (unpaired) electrons. The van der Waals surface area contributed by atoms with Crippen LogP contribution in [0.3, 0.4) is 0 Å². The Labute approximate surface area is 312 Å². The third kappa shape index (κ3) is 10.3. The minimum atomic E-state index is -4.14. The fourth-order valence-corrected chi connectivity index (χ4v) is 9.22. The number of benzene rings is 3. The molecule has 0 atom stereocenters. The molecule has 1 aliphatic heterocycles. The van der Waals surface area contributed by atoms with E-state index in [9.17, 15) is 25.9 Å². The topological polar surface area (TPSA) is 119 Å². The number of aryl methyl sites for hydroxylation is 1. The van der Waals surface area contributed by atoms with Gasteiger partial charge in [-0.05, 0) is 79.9 Å². The van der Waals surface area contributed by atoms with Gasteiger partial charge in [-0.1, -0.05) is 70.6 Å². The molecule has 9 nitrogen and oxygen atoms in total. The van der Waals surface area contributed by atoms with Gasteiger partial charge in [0.1, 0.15) is 4.70 Å². The van der Waals surface area contributed by atoms with E-state index in [-0.39, 0.29) is 24.3 Å². The summed E-state index contributed by atoms with van der Waals surface area (Å²) in [5, 5.41) is 2.77. The molecule has 1 aromatic heterocycles. The van der Waals surface area contributed by atoms with Crippen molar-refractivity contribution in [2.45, 2.75) is 38.1 Å². The number of rotatable bonds is 15. The van der Waals surface area contributed by atoms with Gasteiger partial charge in [0.25, 0.3) is 25.2 Å². The molecule has 0 saturated carbocycles. The summed E-state index contributed by atoms with van der Waals surface area (Å²) in [5.41, 5.74) is 4.64. The van der Waals surface area contributed by atoms with Crippen LogP contribution in [0, 0.1) is 0 Å². The summed E-state index contributed by atoms with van der Waals surface area (Å²) < 4.78 is 68.0. The van der Waals surface area contributed by atoms with E-state index >= 15 is 0 Å². The molecule has 0 amide bonds. The van der Waals surface area contributed by atoms with Gasteiger partial charge in [-0.15, -0.1) is 0 Å². The van der Waals surface area contributed by atoms with Gasteiger partial charge < -0.3 is 9.80 Å². The standard InChI is InChI=1S/C35H37Cl2N3O6S4/c1-3-38(4-2)29-13-9-25(10-14-29)7-8-26(21-34-39(17-5-19-49(41,42)43)30-23-27(36)11-15-32(30)47-34)22-35-40(18-6-20-50(44,45)46)31-24-28(37)12-16-33(31)48-35/h7-16,21-24H,3-6,17-20H2,1-2H3,(H-,41,42,43,44,45,46)/p+1. The zero-order chi connectivity index (χ0) is 36.1. The smallest absolute Gasteiger partial charge is 0.265 e. The van der Waals surface area contributed by atoms with Crippen LogP contribution in [-0.4, -0.2) is 57.1 Å². The highest BCUT2D eigenvalue weighted by Crippen LogP contribution is 2.47. The lowest BCUT2D eigenvalue weighted by molar-refractivity contribution is -0.668. The van der Waals surface area contributed by atoms with E-state index in [1.54, 1.807) is 0 Å². The molecule has 0 bridgehead atoms. The van der Waals surface area contributed by atoms with Gasteiger partial charge in [0.15, 0.2) is 6.54 Å². The molecule has 1 aliphatic rings. The van der Waals surface area contributed by atoms with Crippen molar-refractivity contribution in [1.29, 1.82) is 0 Å². The van der Waals surface area contributed by atoms with Gasteiger partial charge in [0.2, 0.25) is 5.52 Å². The SMILES string of the molecule is CCN(CC)c1ccc(/C=C/C(/C=C2\Sc3ccc(Cl)cc3N2CCCS(=O)(=O)O)=C\c2sc3ccc(Cl)cc3[n+]2CCCS(=O)(=O)O)cc1. The molecular weight excluding hydrogens is 758 g/mol. The van der Waals surface area contributed by atoms with E-state index < -0.39 is 20.2 Å². The van der Waals surface area contributed by atoms with Crippen LogP contribution in [0.2, 0.25) is 10.0 Å². The molecule has 0 aliphatic carbocycles.